The van der Waals surface area contributed by atoms with Crippen molar-refractivity contribution in [2.45, 2.75) is 39.8 Å². The molecule has 0 unspecified atom stereocenters. The molecular weight excluding hydrogens is 494 g/mol. The van der Waals surface area contributed by atoms with Gasteiger partial charge in [0.25, 0.3) is 11.1 Å². The maximum absolute atomic E-state index is 13.2. The molecule has 0 saturated carbocycles. The molecule has 0 amide bonds. The Balaban J connectivity index is 1.34. The maximum Gasteiger partial charge on any atom is 0.278 e. The highest BCUT2D eigenvalue weighted by atomic mass is 16.1. The second kappa shape index (κ2) is 9.49. The predicted molar refractivity (Wildman–Crippen MR) is 152 cm³/mol. The van der Waals surface area contributed by atoms with Gasteiger partial charge in [-0.05, 0) is 63.6 Å². The van der Waals surface area contributed by atoms with E-state index in [1.165, 1.54) is 39.3 Å². The topological polar surface area (TPSA) is 115 Å². The van der Waals surface area contributed by atoms with Gasteiger partial charge < -0.3 is 15.5 Å². The van der Waals surface area contributed by atoms with Crippen LogP contribution in [0.2, 0.25) is 0 Å². The zero-order valence-corrected chi connectivity index (χ0v) is 22.5. The molecule has 3 aromatic heterocycles. The fourth-order valence-corrected chi connectivity index (χ4v) is 5.72. The van der Waals surface area contributed by atoms with Crippen molar-refractivity contribution in [2.75, 3.05) is 36.4 Å². The molecule has 1 spiro atoms. The molecule has 0 bridgehead atoms. The van der Waals surface area contributed by atoms with Crippen molar-refractivity contribution in [2.24, 2.45) is 5.41 Å². The van der Waals surface area contributed by atoms with Crippen molar-refractivity contribution < 1.29 is 0 Å². The summed E-state index contributed by atoms with van der Waals surface area (Å²) < 4.78 is 4.50. The van der Waals surface area contributed by atoms with E-state index in [0.717, 1.165) is 31.9 Å². The molecule has 11 heteroatoms. The molecule has 2 fully saturated rings. The molecule has 202 valence electrons. The number of hydrogen-bond acceptors (Lipinski definition) is 8. The van der Waals surface area contributed by atoms with Crippen molar-refractivity contribution in [1.29, 1.82) is 0 Å². The van der Waals surface area contributed by atoms with Crippen LogP contribution in [-0.4, -0.2) is 55.3 Å². The average molecular weight is 528 g/mol. The Hall–Kier alpha value is -4.25. The van der Waals surface area contributed by atoms with Crippen LogP contribution >= 0.6 is 0 Å². The Bertz CT molecular complexity index is 1680. The lowest BCUT2D eigenvalue weighted by Crippen LogP contribution is -2.57. The van der Waals surface area contributed by atoms with Gasteiger partial charge in [-0.15, -0.1) is 11.7 Å². The summed E-state index contributed by atoms with van der Waals surface area (Å²) in [5.74, 6) is 0.767. The van der Waals surface area contributed by atoms with E-state index in [0.29, 0.717) is 28.2 Å². The van der Waals surface area contributed by atoms with Crippen LogP contribution in [0.1, 0.15) is 31.9 Å². The van der Waals surface area contributed by atoms with E-state index in [4.69, 9.17) is 4.98 Å². The van der Waals surface area contributed by atoms with E-state index in [-0.39, 0.29) is 23.7 Å². The Labute approximate surface area is 225 Å². The van der Waals surface area contributed by atoms with Crippen LogP contribution in [0.3, 0.4) is 0 Å². The van der Waals surface area contributed by atoms with Gasteiger partial charge in [0.1, 0.15) is 5.39 Å². The number of aryl methyl sites for hydroxylation is 1. The Morgan fingerprint density at radius 1 is 1.21 bits per heavy atom. The van der Waals surface area contributed by atoms with Gasteiger partial charge in [-0.25, -0.2) is 19.0 Å². The predicted octanol–water partition coefficient (Wildman–Crippen LogP) is 2.76. The second-order valence-electron chi connectivity index (χ2n) is 10.9. The van der Waals surface area contributed by atoms with Crippen molar-refractivity contribution in [3.8, 4) is 5.82 Å². The minimum Gasteiger partial charge on any atom is -0.370 e. The standard InChI is InChI=1S/C28H33N9O2/c1-5-12-35-26(39)21-14-30-27(32-25(21)37(35)23-8-9-24(38)36(33-23)18(2)3)31-20-6-7-22(19(4)13-20)34-16-28(17-34)10-11-29-15-28/h5-9,13-14,18,29H,1,10-12,15-17H2,2-4H3,(H,30,31,32). The SMILES string of the molecule is C=CCn1c(=O)c2cnc(Nc3ccc(N4CC5(CCNC5)C4)c(C)c3)nc2n1-c1ccc(=O)n(C(C)C)n1. The highest BCUT2D eigenvalue weighted by molar-refractivity contribution is 5.77. The normalized spacial score (nSPS) is 16.3. The summed E-state index contributed by atoms with van der Waals surface area (Å²) in [6, 6.07) is 9.17. The van der Waals surface area contributed by atoms with Gasteiger partial charge in [0.2, 0.25) is 5.95 Å². The van der Waals surface area contributed by atoms with Gasteiger partial charge in [0.15, 0.2) is 11.5 Å². The van der Waals surface area contributed by atoms with Crippen molar-refractivity contribution in [1.82, 2.24) is 34.4 Å². The summed E-state index contributed by atoms with van der Waals surface area (Å²) in [4.78, 5) is 37.1. The first-order valence-electron chi connectivity index (χ1n) is 13.3. The van der Waals surface area contributed by atoms with Crippen molar-refractivity contribution >= 4 is 28.4 Å². The second-order valence-corrected chi connectivity index (χ2v) is 10.9. The minimum atomic E-state index is -0.259. The summed E-state index contributed by atoms with van der Waals surface area (Å²) >= 11 is 0. The van der Waals surface area contributed by atoms with Gasteiger partial charge in [-0.2, -0.15) is 4.98 Å². The quantitative estimate of drug-likeness (QED) is 0.353. The lowest BCUT2D eigenvalue weighted by Gasteiger charge is -2.49. The van der Waals surface area contributed by atoms with Crippen LogP contribution < -0.4 is 26.7 Å². The lowest BCUT2D eigenvalue weighted by molar-refractivity contribution is 0.243. The zero-order chi connectivity index (χ0) is 27.3. The van der Waals surface area contributed by atoms with Gasteiger partial charge in [-0.1, -0.05) is 6.08 Å². The summed E-state index contributed by atoms with van der Waals surface area (Å²) in [5, 5.41) is 11.7. The van der Waals surface area contributed by atoms with Gasteiger partial charge in [0.05, 0.1) is 12.6 Å². The number of fused-ring (bicyclic) bond motifs is 1. The summed E-state index contributed by atoms with van der Waals surface area (Å²) in [6.07, 6.45) is 4.41. The molecule has 0 aliphatic carbocycles. The molecule has 39 heavy (non-hydrogen) atoms. The summed E-state index contributed by atoms with van der Waals surface area (Å²) in [6.45, 7) is 14.3. The first-order chi connectivity index (χ1) is 18.8. The summed E-state index contributed by atoms with van der Waals surface area (Å²) in [5.41, 5.74) is 3.64. The molecule has 2 N–H and O–H groups in total. The number of benzene rings is 1. The molecule has 2 aliphatic rings. The fourth-order valence-electron chi connectivity index (χ4n) is 5.72. The number of nitrogens with one attached hydrogen (secondary N) is 2. The molecular formula is C28H33N9O2. The molecule has 11 nitrogen and oxygen atoms in total. The van der Waals surface area contributed by atoms with Crippen LogP contribution in [0.15, 0.2) is 58.8 Å². The number of anilines is 3. The highest BCUT2D eigenvalue weighted by Crippen LogP contribution is 2.40. The van der Waals surface area contributed by atoms with Crippen LogP contribution in [0.4, 0.5) is 17.3 Å². The third-order valence-corrected chi connectivity index (χ3v) is 7.67. The van der Waals surface area contributed by atoms with Crippen LogP contribution in [-0.2, 0) is 6.54 Å². The minimum absolute atomic E-state index is 0.145. The van der Waals surface area contributed by atoms with E-state index in [9.17, 15) is 9.59 Å². The number of allylic oxidation sites excluding steroid dienone is 1. The molecule has 5 heterocycles. The highest BCUT2D eigenvalue weighted by Gasteiger charge is 2.45. The van der Waals surface area contributed by atoms with Crippen LogP contribution in [0, 0.1) is 12.3 Å². The average Bonchev–Trinajstić information content (AvgIpc) is 3.48. The zero-order valence-electron chi connectivity index (χ0n) is 22.5. The maximum atomic E-state index is 13.2. The first kappa shape index (κ1) is 25.1. The first-order valence-corrected chi connectivity index (χ1v) is 13.3. The smallest absolute Gasteiger partial charge is 0.278 e. The summed E-state index contributed by atoms with van der Waals surface area (Å²) in [7, 11) is 0. The third-order valence-electron chi connectivity index (χ3n) is 7.67. The van der Waals surface area contributed by atoms with Crippen molar-refractivity contribution in [3.63, 3.8) is 0 Å². The van der Waals surface area contributed by atoms with Crippen molar-refractivity contribution in [3.05, 3.63) is 75.5 Å². The molecule has 2 aliphatic heterocycles. The Morgan fingerprint density at radius 3 is 2.72 bits per heavy atom. The monoisotopic (exact) mass is 527 g/mol. The third kappa shape index (κ3) is 4.32. The number of nitrogens with zero attached hydrogens (tertiary/aromatic N) is 7. The molecule has 1 aromatic carbocycles. The number of aromatic nitrogens is 6. The van der Waals surface area contributed by atoms with E-state index >= 15 is 0 Å². The Kier molecular flexibility index (Phi) is 6.10. The Morgan fingerprint density at radius 2 is 2.03 bits per heavy atom. The van der Waals surface area contributed by atoms with Crippen LogP contribution in [0.25, 0.3) is 16.9 Å². The molecule has 2 saturated heterocycles. The number of rotatable bonds is 7. The van der Waals surface area contributed by atoms with E-state index in [1.54, 1.807) is 16.8 Å². The largest absolute Gasteiger partial charge is 0.370 e. The molecule has 4 aromatic rings. The molecule has 0 radical (unpaired) electrons. The molecule has 0 atom stereocenters. The van der Waals surface area contributed by atoms with Crippen LogP contribution in [0.5, 0.6) is 0 Å². The van der Waals surface area contributed by atoms with E-state index in [2.05, 4.69) is 51.3 Å². The van der Waals surface area contributed by atoms with E-state index in [1.807, 2.05) is 19.9 Å². The van der Waals surface area contributed by atoms with E-state index < -0.39 is 0 Å². The van der Waals surface area contributed by atoms with Gasteiger partial charge in [-0.3, -0.25) is 9.59 Å². The van der Waals surface area contributed by atoms with Gasteiger partial charge in [0, 0.05) is 48.7 Å². The van der Waals surface area contributed by atoms with Gasteiger partial charge >= 0.3 is 0 Å². The molecule has 6 rings (SSSR count). The fraction of sp³-hybridized carbons (Fsp3) is 0.393. The number of hydrogen-bond donors (Lipinski definition) is 2. The lowest BCUT2D eigenvalue weighted by atomic mass is 9.78.